The fourth-order valence-corrected chi connectivity index (χ4v) is 27.8. The summed E-state index contributed by atoms with van der Waals surface area (Å²) in [6.45, 7) is 2.38. The van der Waals surface area contributed by atoms with E-state index in [-0.39, 0.29) is 55.9 Å². The molecule has 4 aliphatic carbocycles. The minimum Gasteiger partial charge on any atom is -0.358 e. The molecule has 10 atom stereocenters. The van der Waals surface area contributed by atoms with E-state index < -0.39 is 16.6 Å². The molecular weight excluding hydrogens is 664 g/mol. The average Bonchev–Trinajstić information content (AvgIpc) is 3.79. The van der Waals surface area contributed by atoms with Crippen LogP contribution in [0, 0.1) is 59.3 Å². The molecule has 10 unspecified atom stereocenters. The summed E-state index contributed by atoms with van der Waals surface area (Å²) in [5, 5.41) is 3.66. The summed E-state index contributed by atoms with van der Waals surface area (Å²) < 4.78 is 0. The fourth-order valence-electron chi connectivity index (χ4n) is 11.1. The Hall–Kier alpha value is -1.02. The molecule has 46 heavy (non-hydrogen) atoms. The summed E-state index contributed by atoms with van der Waals surface area (Å²) in [6, 6.07) is 36.3. The van der Waals surface area contributed by atoms with Crippen molar-refractivity contribution in [1.29, 1.82) is 0 Å². The number of benzene rings is 3. The van der Waals surface area contributed by atoms with Crippen molar-refractivity contribution < 1.29 is 26.2 Å². The van der Waals surface area contributed by atoms with Crippen molar-refractivity contribution in [3.05, 3.63) is 126 Å². The molecule has 4 saturated carbocycles. The molecule has 0 spiro atoms. The molecule has 0 nitrogen and oxygen atoms in total. The number of unbranched alkanes of at least 4 members (excludes halogenated alkanes) is 1. The minimum absolute atomic E-state index is 0. The van der Waals surface area contributed by atoms with E-state index in [0.29, 0.717) is 0 Å². The monoisotopic (exact) mass is 726 g/mol. The molecule has 0 aliphatic heterocycles. The number of hydrogen-bond donors (Lipinski definition) is 0. The summed E-state index contributed by atoms with van der Waals surface area (Å²) >= 11 is 0. The molecule has 3 aromatic carbocycles. The number of rotatable bonds is 9. The Balaban J connectivity index is 0.00000147. The van der Waals surface area contributed by atoms with Gasteiger partial charge in [0.1, 0.15) is 0 Å². The van der Waals surface area contributed by atoms with Crippen LogP contribution in [0.25, 0.3) is 0 Å². The summed E-state index contributed by atoms with van der Waals surface area (Å²) in [6.07, 6.45) is 17.9. The van der Waals surface area contributed by atoms with E-state index in [1.807, 2.05) is 10.4 Å². The van der Waals surface area contributed by atoms with Gasteiger partial charge in [0.15, 0.2) is 0 Å². The summed E-state index contributed by atoms with van der Waals surface area (Å²) in [4.78, 5) is 0. The fraction of sp³-hybridized carbons (Fsp3) is 0.488. The van der Waals surface area contributed by atoms with Crippen molar-refractivity contribution in [3.63, 3.8) is 0 Å². The predicted molar refractivity (Wildman–Crippen MR) is 207 cm³/mol. The Morgan fingerprint density at radius 2 is 1.20 bits per heavy atom. The summed E-state index contributed by atoms with van der Waals surface area (Å²) in [5.41, 5.74) is 3.70. The molecule has 0 aromatic heterocycles. The third-order valence-corrected chi connectivity index (χ3v) is 26.8. The molecule has 0 amide bonds. The van der Waals surface area contributed by atoms with Crippen LogP contribution < -0.4 is 10.4 Å². The second-order valence-electron chi connectivity index (χ2n) is 14.6. The number of fused-ring (bicyclic) bond motifs is 2. The SMILES string of the molecule is CCCCC1CCC([SiH](c2ccccc2)[SiH](c2ccccc2)C2CCC3C2CC2CCCC2C3c2ccccc2)C1.[CH3-].[CH3-].[CH3-].[CH3-].[Zr+4]. The third kappa shape index (κ3) is 8.39. The van der Waals surface area contributed by atoms with Gasteiger partial charge in [-0.25, -0.2) is 0 Å². The average molecular weight is 728 g/mol. The molecule has 7 rings (SSSR count). The van der Waals surface area contributed by atoms with E-state index in [9.17, 15) is 0 Å². The van der Waals surface area contributed by atoms with Crippen LogP contribution >= 0.6 is 0 Å². The van der Waals surface area contributed by atoms with Gasteiger partial charge < -0.3 is 29.7 Å². The first-order chi connectivity index (χ1) is 20.3. The van der Waals surface area contributed by atoms with Gasteiger partial charge in [-0.15, -0.1) is 0 Å². The van der Waals surface area contributed by atoms with Crippen LogP contribution in [-0.2, 0) is 26.2 Å². The molecule has 0 bridgehead atoms. The van der Waals surface area contributed by atoms with Gasteiger partial charge in [-0.2, -0.15) is 0 Å². The van der Waals surface area contributed by atoms with Crippen LogP contribution in [0.15, 0.2) is 91.0 Å². The first-order valence-corrected chi connectivity index (χ1v) is 22.6. The molecule has 0 heterocycles. The topological polar surface area (TPSA) is 0 Å². The maximum atomic E-state index is 2.60. The summed E-state index contributed by atoms with van der Waals surface area (Å²) in [5.74, 6) is 5.63. The Morgan fingerprint density at radius 1 is 0.587 bits per heavy atom. The van der Waals surface area contributed by atoms with Crippen molar-refractivity contribution in [2.45, 2.75) is 101 Å². The quantitative estimate of drug-likeness (QED) is 0.152. The minimum atomic E-state index is -1.21. The van der Waals surface area contributed by atoms with E-state index in [1.165, 1.54) is 64.2 Å². The van der Waals surface area contributed by atoms with Gasteiger partial charge in [0.2, 0.25) is 0 Å². The largest absolute Gasteiger partial charge is 4.00 e. The van der Waals surface area contributed by atoms with Gasteiger partial charge in [0, 0.05) is 0 Å². The Kier molecular flexibility index (Phi) is 17.2. The van der Waals surface area contributed by atoms with E-state index in [1.54, 1.807) is 18.4 Å². The second kappa shape index (κ2) is 19.2. The normalized spacial score (nSPS) is 30.5. The van der Waals surface area contributed by atoms with E-state index in [2.05, 4.69) is 97.9 Å². The van der Waals surface area contributed by atoms with Crippen LogP contribution in [0.2, 0.25) is 11.1 Å². The van der Waals surface area contributed by atoms with Crippen molar-refractivity contribution in [1.82, 2.24) is 0 Å². The zero-order chi connectivity index (χ0) is 27.6. The van der Waals surface area contributed by atoms with Gasteiger partial charge in [-0.05, 0) is 71.4 Å². The third-order valence-electron chi connectivity index (χ3n) is 12.6. The van der Waals surface area contributed by atoms with E-state index in [4.69, 9.17) is 0 Å². The van der Waals surface area contributed by atoms with Gasteiger partial charge in [-0.3, -0.25) is 0 Å². The van der Waals surface area contributed by atoms with Crippen LogP contribution in [0.3, 0.4) is 0 Å². The van der Waals surface area contributed by atoms with Crippen LogP contribution in [0.4, 0.5) is 0 Å². The molecule has 3 aromatic rings. The Morgan fingerprint density at radius 3 is 1.83 bits per heavy atom. The van der Waals surface area contributed by atoms with Gasteiger partial charge >= 0.3 is 26.2 Å². The van der Waals surface area contributed by atoms with Crippen molar-refractivity contribution in [3.8, 4) is 0 Å². The second-order valence-corrected chi connectivity index (χ2v) is 24.1. The molecule has 0 radical (unpaired) electrons. The molecular formula is C43H64Si2Zr. The standard InChI is InChI=1S/C39H52Si2.4CH3.Zr/c1-2-3-14-29-23-24-34(27-29)40(32-18-9-5-10-19-32)41(33-20-11-6-12-21-33)38-26-25-36-37(38)28-31-17-13-22-35(31)39(36)30-15-7-4-8-16-30;;;;;/h4-12,15-16,18-21,29,31,34-41H,2-3,13-14,17,22-28H2,1H3;4*1H3;/q;4*-1;+4. The molecule has 0 saturated heterocycles. The number of hydrogen-bond acceptors (Lipinski definition) is 0. The van der Waals surface area contributed by atoms with Gasteiger partial charge in [-0.1, -0.05) is 166 Å². The van der Waals surface area contributed by atoms with Crippen molar-refractivity contribution in [2.75, 3.05) is 0 Å². The summed E-state index contributed by atoms with van der Waals surface area (Å²) in [7, 11) is -2.37. The first kappa shape index (κ1) is 41.1. The van der Waals surface area contributed by atoms with Gasteiger partial charge in [0.25, 0.3) is 0 Å². The molecule has 4 fully saturated rings. The zero-order valence-corrected chi connectivity index (χ0v) is 34.7. The molecule has 3 heteroatoms. The Labute approximate surface area is 308 Å². The Bertz CT molecular complexity index is 1230. The van der Waals surface area contributed by atoms with Crippen LogP contribution in [-0.4, -0.2) is 16.6 Å². The van der Waals surface area contributed by atoms with Crippen LogP contribution in [0.1, 0.15) is 95.5 Å². The van der Waals surface area contributed by atoms with E-state index >= 15 is 0 Å². The van der Waals surface area contributed by atoms with E-state index in [0.717, 1.165) is 46.6 Å². The smallest absolute Gasteiger partial charge is 0.358 e. The first-order valence-electron chi connectivity index (χ1n) is 17.5. The maximum Gasteiger partial charge on any atom is 4.00 e. The van der Waals surface area contributed by atoms with Crippen molar-refractivity contribution in [2.24, 2.45) is 29.6 Å². The predicted octanol–water partition coefficient (Wildman–Crippen LogP) is 10.5. The maximum absolute atomic E-state index is 2.60. The zero-order valence-electron chi connectivity index (χ0n) is 29.9. The van der Waals surface area contributed by atoms with Crippen LogP contribution in [0.5, 0.6) is 0 Å². The molecule has 4 aliphatic rings. The molecule has 248 valence electrons. The molecule has 0 N–H and O–H groups in total. The van der Waals surface area contributed by atoms with Crippen molar-refractivity contribution >= 4 is 27.0 Å². The van der Waals surface area contributed by atoms with Gasteiger partial charge in [0.05, 0.1) is 16.6 Å².